The summed E-state index contributed by atoms with van der Waals surface area (Å²) < 4.78 is 18.1. The molecule has 20 heavy (non-hydrogen) atoms. The number of benzene rings is 1. The van der Waals surface area contributed by atoms with Gasteiger partial charge in [0.25, 0.3) is 0 Å². The molecular formula is C14H14FN3O2. The maximum absolute atomic E-state index is 13.2. The minimum absolute atomic E-state index is 0.385. The number of anilines is 1. The molecule has 0 aliphatic heterocycles. The van der Waals surface area contributed by atoms with E-state index in [1.54, 1.807) is 19.1 Å². The van der Waals surface area contributed by atoms with Gasteiger partial charge in [-0.2, -0.15) is 0 Å². The van der Waals surface area contributed by atoms with Crippen LogP contribution in [0.5, 0.6) is 0 Å². The first-order valence-corrected chi connectivity index (χ1v) is 5.95. The zero-order valence-corrected chi connectivity index (χ0v) is 11.1. The number of esters is 1. The average Bonchev–Trinajstić information content (AvgIpc) is 2.47. The molecule has 6 heteroatoms. The zero-order chi connectivity index (χ0) is 14.6. The topological polar surface area (TPSA) is 64.1 Å². The van der Waals surface area contributed by atoms with Crippen LogP contribution in [0, 0.1) is 5.82 Å². The van der Waals surface area contributed by atoms with Crippen LogP contribution in [-0.4, -0.2) is 23.0 Å². The molecule has 1 heterocycles. The molecule has 1 unspecified atom stereocenters. The van der Waals surface area contributed by atoms with Crippen molar-refractivity contribution < 1.29 is 13.9 Å². The first kappa shape index (κ1) is 13.9. The number of rotatable bonds is 4. The number of halogens is 1. The second-order valence-electron chi connectivity index (χ2n) is 4.34. The van der Waals surface area contributed by atoms with Gasteiger partial charge in [-0.3, -0.25) is 9.97 Å². The van der Waals surface area contributed by atoms with E-state index in [0.717, 1.165) is 0 Å². The second-order valence-corrected chi connectivity index (χ2v) is 4.34. The van der Waals surface area contributed by atoms with E-state index in [1.807, 2.05) is 0 Å². The summed E-state index contributed by atoms with van der Waals surface area (Å²) >= 11 is 0. The van der Waals surface area contributed by atoms with Gasteiger partial charge < -0.3 is 10.1 Å². The standard InChI is InChI=1S/C14H14FN3O2/c1-14(13(19)20-2,12-9-16-6-7-17-12)18-11-5-3-4-10(15)8-11/h3-9,18H,1-2H3. The minimum atomic E-state index is -1.25. The molecule has 0 radical (unpaired) electrons. The van der Waals surface area contributed by atoms with Crippen molar-refractivity contribution in [1.82, 2.24) is 9.97 Å². The molecule has 0 saturated carbocycles. The quantitative estimate of drug-likeness (QED) is 0.866. The van der Waals surface area contributed by atoms with Gasteiger partial charge in [-0.15, -0.1) is 0 Å². The van der Waals surface area contributed by atoms with Crippen molar-refractivity contribution in [2.75, 3.05) is 12.4 Å². The summed E-state index contributed by atoms with van der Waals surface area (Å²) in [7, 11) is 1.28. The first-order valence-electron chi connectivity index (χ1n) is 5.95. The van der Waals surface area contributed by atoms with Gasteiger partial charge in [-0.05, 0) is 25.1 Å². The van der Waals surface area contributed by atoms with Crippen LogP contribution in [0.25, 0.3) is 0 Å². The number of aromatic nitrogens is 2. The van der Waals surface area contributed by atoms with E-state index >= 15 is 0 Å². The van der Waals surface area contributed by atoms with Crippen LogP contribution in [0.4, 0.5) is 10.1 Å². The van der Waals surface area contributed by atoms with Crippen LogP contribution in [0.3, 0.4) is 0 Å². The lowest BCUT2D eigenvalue weighted by molar-refractivity contribution is -0.145. The smallest absolute Gasteiger partial charge is 0.337 e. The van der Waals surface area contributed by atoms with Crippen LogP contribution in [0.2, 0.25) is 0 Å². The third-order valence-electron chi connectivity index (χ3n) is 2.89. The van der Waals surface area contributed by atoms with E-state index in [-0.39, 0.29) is 0 Å². The highest BCUT2D eigenvalue weighted by molar-refractivity contribution is 5.85. The molecule has 0 bridgehead atoms. The predicted molar refractivity (Wildman–Crippen MR) is 71.4 cm³/mol. The van der Waals surface area contributed by atoms with Gasteiger partial charge in [0, 0.05) is 18.1 Å². The maximum Gasteiger partial charge on any atom is 0.337 e. The Morgan fingerprint density at radius 3 is 2.80 bits per heavy atom. The Morgan fingerprint density at radius 1 is 1.40 bits per heavy atom. The Balaban J connectivity index is 2.41. The fourth-order valence-electron chi connectivity index (χ4n) is 1.84. The number of nitrogens with zero attached hydrogens (tertiary/aromatic N) is 2. The number of nitrogens with one attached hydrogen (secondary N) is 1. The van der Waals surface area contributed by atoms with Crippen LogP contribution in [0.15, 0.2) is 42.9 Å². The predicted octanol–water partition coefficient (Wildman–Crippen LogP) is 2.12. The average molecular weight is 275 g/mol. The Morgan fingerprint density at radius 2 is 2.20 bits per heavy atom. The molecule has 5 nitrogen and oxygen atoms in total. The summed E-state index contributed by atoms with van der Waals surface area (Å²) in [5.74, 6) is -0.941. The van der Waals surface area contributed by atoms with Crippen molar-refractivity contribution in [3.63, 3.8) is 0 Å². The molecule has 0 aliphatic rings. The number of hydrogen-bond acceptors (Lipinski definition) is 5. The number of carbonyl (C=O) groups is 1. The molecular weight excluding hydrogens is 261 g/mol. The van der Waals surface area contributed by atoms with E-state index in [2.05, 4.69) is 15.3 Å². The van der Waals surface area contributed by atoms with Gasteiger partial charge >= 0.3 is 5.97 Å². The molecule has 2 aromatic rings. The Hall–Kier alpha value is -2.50. The first-order chi connectivity index (χ1) is 9.56. The largest absolute Gasteiger partial charge is 0.467 e. The molecule has 0 spiro atoms. The Bertz CT molecular complexity index is 606. The van der Waals surface area contributed by atoms with Crippen LogP contribution in [0.1, 0.15) is 12.6 Å². The van der Waals surface area contributed by atoms with Gasteiger partial charge in [0.2, 0.25) is 0 Å². The molecule has 2 rings (SSSR count). The fourth-order valence-corrected chi connectivity index (χ4v) is 1.84. The third kappa shape index (κ3) is 2.74. The summed E-state index contributed by atoms with van der Waals surface area (Å²) in [6.45, 7) is 1.60. The summed E-state index contributed by atoms with van der Waals surface area (Å²) in [5.41, 5.74) is -0.420. The van der Waals surface area contributed by atoms with E-state index in [9.17, 15) is 9.18 Å². The van der Waals surface area contributed by atoms with Gasteiger partial charge in [0.15, 0.2) is 5.54 Å². The van der Waals surface area contributed by atoms with E-state index < -0.39 is 17.3 Å². The maximum atomic E-state index is 13.2. The lowest BCUT2D eigenvalue weighted by Crippen LogP contribution is -2.42. The van der Waals surface area contributed by atoms with Gasteiger partial charge in [0.05, 0.1) is 19.0 Å². The number of carbonyl (C=O) groups excluding carboxylic acids is 1. The summed E-state index contributed by atoms with van der Waals surface area (Å²) in [5, 5.41) is 2.95. The monoisotopic (exact) mass is 275 g/mol. The van der Waals surface area contributed by atoms with Crippen LogP contribution in [-0.2, 0) is 15.1 Å². The molecule has 0 saturated heterocycles. The summed E-state index contributed by atoms with van der Waals surface area (Å²) in [6.07, 6.45) is 4.44. The molecule has 0 aliphatic carbocycles. The number of methoxy groups -OCH3 is 1. The molecule has 1 N–H and O–H groups in total. The molecule has 0 fully saturated rings. The normalized spacial score (nSPS) is 13.3. The highest BCUT2D eigenvalue weighted by Gasteiger charge is 2.38. The van der Waals surface area contributed by atoms with Crippen LogP contribution >= 0.6 is 0 Å². The van der Waals surface area contributed by atoms with E-state index in [4.69, 9.17) is 4.74 Å². The van der Waals surface area contributed by atoms with Gasteiger partial charge in [0.1, 0.15) is 5.82 Å². The van der Waals surface area contributed by atoms with E-state index in [0.29, 0.717) is 11.4 Å². The van der Waals surface area contributed by atoms with Crippen molar-refractivity contribution in [2.45, 2.75) is 12.5 Å². The Kier molecular flexibility index (Phi) is 3.93. The van der Waals surface area contributed by atoms with Crippen molar-refractivity contribution in [1.29, 1.82) is 0 Å². The summed E-state index contributed by atoms with van der Waals surface area (Å²) in [4.78, 5) is 20.1. The van der Waals surface area contributed by atoms with Gasteiger partial charge in [-0.1, -0.05) is 6.07 Å². The molecule has 1 aromatic heterocycles. The summed E-state index contributed by atoms with van der Waals surface area (Å²) in [6, 6.07) is 5.81. The highest BCUT2D eigenvalue weighted by atomic mass is 19.1. The number of ether oxygens (including phenoxy) is 1. The molecule has 1 atom stereocenters. The fraction of sp³-hybridized carbons (Fsp3) is 0.214. The van der Waals surface area contributed by atoms with Crippen molar-refractivity contribution in [3.8, 4) is 0 Å². The molecule has 1 aromatic carbocycles. The lowest BCUT2D eigenvalue weighted by Gasteiger charge is -2.28. The zero-order valence-electron chi connectivity index (χ0n) is 11.1. The van der Waals surface area contributed by atoms with Gasteiger partial charge in [-0.25, -0.2) is 9.18 Å². The minimum Gasteiger partial charge on any atom is -0.467 e. The van der Waals surface area contributed by atoms with Crippen molar-refractivity contribution in [3.05, 3.63) is 54.4 Å². The lowest BCUT2D eigenvalue weighted by atomic mass is 9.97. The third-order valence-corrected chi connectivity index (χ3v) is 2.89. The molecule has 0 amide bonds. The second kappa shape index (κ2) is 5.64. The van der Waals surface area contributed by atoms with Crippen molar-refractivity contribution >= 4 is 11.7 Å². The highest BCUT2D eigenvalue weighted by Crippen LogP contribution is 2.26. The van der Waals surface area contributed by atoms with Crippen LogP contribution < -0.4 is 5.32 Å². The van der Waals surface area contributed by atoms with Crippen molar-refractivity contribution in [2.24, 2.45) is 0 Å². The Labute approximate surface area is 115 Å². The number of hydrogen-bond donors (Lipinski definition) is 1. The molecule has 104 valence electrons. The SMILES string of the molecule is COC(=O)C(C)(Nc1cccc(F)c1)c1cnccn1. The van der Waals surface area contributed by atoms with E-state index in [1.165, 1.54) is 37.8 Å².